The topological polar surface area (TPSA) is 183 Å². The zero-order valence-corrected chi connectivity index (χ0v) is 16.4. The van der Waals surface area contributed by atoms with E-state index in [1.165, 1.54) is 12.1 Å². The van der Waals surface area contributed by atoms with Crippen LogP contribution < -0.4 is 0 Å². The highest BCUT2D eigenvalue weighted by Gasteiger charge is 2.38. The smallest absolute Gasteiger partial charge is 0.297 e. The molecule has 13 heteroatoms. The van der Waals surface area contributed by atoms with Crippen molar-refractivity contribution in [3.8, 4) is 5.75 Å². The Morgan fingerprint density at radius 1 is 0.586 bits per heavy atom. The monoisotopic (exact) mass is 458 g/mol. The van der Waals surface area contributed by atoms with Crippen LogP contribution in [0.4, 0.5) is 0 Å². The van der Waals surface area contributed by atoms with Crippen molar-refractivity contribution in [1.82, 2.24) is 0 Å². The van der Waals surface area contributed by atoms with Crippen LogP contribution in [0.1, 0.15) is 0 Å². The van der Waals surface area contributed by atoms with Gasteiger partial charge in [0.25, 0.3) is 30.4 Å². The van der Waals surface area contributed by atoms with Crippen LogP contribution in [0, 0.1) is 0 Å². The van der Waals surface area contributed by atoms with Crippen LogP contribution in [0.3, 0.4) is 0 Å². The lowest BCUT2D eigenvalue weighted by Crippen LogP contribution is -2.16. The maximum Gasteiger partial charge on any atom is 0.297 e. The highest BCUT2D eigenvalue weighted by molar-refractivity contribution is 7.90. The average Bonchev–Trinajstić information content (AvgIpc) is 2.56. The van der Waals surface area contributed by atoms with E-state index in [2.05, 4.69) is 0 Å². The van der Waals surface area contributed by atoms with Gasteiger partial charge in [-0.25, -0.2) is 0 Å². The molecular weight excluding hydrogens is 448 g/mol. The molecule has 0 fully saturated rings. The van der Waals surface area contributed by atoms with Gasteiger partial charge in [-0.05, 0) is 22.2 Å². The van der Waals surface area contributed by atoms with Crippen LogP contribution in [0.5, 0.6) is 5.75 Å². The van der Waals surface area contributed by atoms with Gasteiger partial charge in [-0.3, -0.25) is 13.7 Å². The Hall–Kier alpha value is -2.55. The highest BCUT2D eigenvalue weighted by Crippen LogP contribution is 2.47. The second-order valence-electron chi connectivity index (χ2n) is 6.25. The van der Waals surface area contributed by atoms with Gasteiger partial charge in [0.05, 0.1) is 0 Å². The summed E-state index contributed by atoms with van der Waals surface area (Å²) in [5.74, 6) is -0.791. The van der Waals surface area contributed by atoms with Crippen LogP contribution >= 0.6 is 0 Å². The lowest BCUT2D eigenvalue weighted by atomic mass is 9.93. The minimum atomic E-state index is -5.63. The Morgan fingerprint density at radius 3 is 1.69 bits per heavy atom. The van der Waals surface area contributed by atoms with Crippen LogP contribution in [-0.4, -0.2) is 44.0 Å². The third-order valence-electron chi connectivity index (χ3n) is 4.53. The molecule has 0 bridgehead atoms. The Balaban J connectivity index is 2.61. The van der Waals surface area contributed by atoms with Crippen LogP contribution in [0.2, 0.25) is 0 Å². The number of aromatic hydroxyl groups is 1. The molecule has 0 aromatic heterocycles. The van der Waals surface area contributed by atoms with Gasteiger partial charge in [-0.15, -0.1) is 0 Å². The molecule has 0 saturated carbocycles. The molecule has 4 aromatic carbocycles. The molecule has 0 aliphatic carbocycles. The molecule has 0 spiro atoms. The number of hydrogen-bond acceptors (Lipinski definition) is 7. The zero-order valence-electron chi connectivity index (χ0n) is 13.9. The Labute approximate surface area is 163 Å². The standard InChI is InChI=1S/C16H10O10S3/c17-10-6-8-3-1-2-7-4-5-9-12(11(7)8)13(10)15(28(21,22)23)16(29(24,25)26)14(9)27(18,19)20/h1-6,17H,(H,18,19,20)(H,21,22,23)(H,24,25,26). The van der Waals surface area contributed by atoms with Crippen LogP contribution in [-0.2, 0) is 30.4 Å². The first kappa shape index (κ1) is 19.8. The van der Waals surface area contributed by atoms with E-state index in [4.69, 9.17) is 0 Å². The highest BCUT2D eigenvalue weighted by atomic mass is 32.2. The van der Waals surface area contributed by atoms with Crippen molar-refractivity contribution < 1.29 is 44.0 Å². The van der Waals surface area contributed by atoms with Crippen molar-refractivity contribution in [1.29, 1.82) is 0 Å². The van der Waals surface area contributed by atoms with Gasteiger partial charge in [0.1, 0.15) is 20.4 Å². The Bertz CT molecular complexity index is 1670. The predicted octanol–water partition coefficient (Wildman–Crippen LogP) is 2.03. The van der Waals surface area contributed by atoms with Crippen LogP contribution in [0.15, 0.2) is 51.1 Å². The summed E-state index contributed by atoms with van der Waals surface area (Å²) in [5, 5.41) is 10.1. The van der Waals surface area contributed by atoms with Crippen molar-refractivity contribution in [3.63, 3.8) is 0 Å². The summed E-state index contributed by atoms with van der Waals surface area (Å²) in [5.41, 5.74) is 0. The van der Waals surface area contributed by atoms with E-state index in [1.54, 1.807) is 12.1 Å². The molecule has 0 radical (unpaired) electrons. The van der Waals surface area contributed by atoms with E-state index in [0.29, 0.717) is 10.8 Å². The maximum atomic E-state index is 12.1. The van der Waals surface area contributed by atoms with Crippen molar-refractivity contribution in [2.75, 3.05) is 0 Å². The first-order valence-corrected chi connectivity index (χ1v) is 11.9. The van der Waals surface area contributed by atoms with E-state index in [-0.39, 0.29) is 10.8 Å². The third-order valence-corrected chi connectivity index (χ3v) is 7.58. The van der Waals surface area contributed by atoms with Gasteiger partial charge in [0.15, 0.2) is 0 Å². The second kappa shape index (κ2) is 5.75. The average molecular weight is 458 g/mol. The summed E-state index contributed by atoms with van der Waals surface area (Å²) in [7, 11) is -16.6. The lowest BCUT2D eigenvalue weighted by Gasteiger charge is -2.19. The first-order valence-electron chi connectivity index (χ1n) is 7.62. The molecule has 10 nitrogen and oxygen atoms in total. The predicted molar refractivity (Wildman–Crippen MR) is 101 cm³/mol. The van der Waals surface area contributed by atoms with Gasteiger partial charge in [0.2, 0.25) is 0 Å². The molecule has 4 N–H and O–H groups in total. The molecule has 0 unspecified atom stereocenters. The second-order valence-corrected chi connectivity index (χ2v) is 10.3. The van der Waals surface area contributed by atoms with E-state index in [0.717, 1.165) is 12.1 Å². The molecule has 0 atom stereocenters. The molecule has 0 amide bonds. The molecule has 0 saturated heterocycles. The fourth-order valence-corrected chi connectivity index (χ4v) is 7.22. The summed E-state index contributed by atoms with van der Waals surface area (Å²) in [6.45, 7) is 0. The first-order chi connectivity index (χ1) is 13.2. The fraction of sp³-hybridized carbons (Fsp3) is 0. The number of phenols is 1. The fourth-order valence-electron chi connectivity index (χ4n) is 3.63. The summed E-state index contributed by atoms with van der Waals surface area (Å²) in [6, 6.07) is 8.30. The summed E-state index contributed by atoms with van der Waals surface area (Å²) < 4.78 is 101. The van der Waals surface area contributed by atoms with Crippen LogP contribution in [0.25, 0.3) is 32.3 Å². The molecule has 4 rings (SSSR count). The summed E-state index contributed by atoms with van der Waals surface area (Å²) in [4.78, 5) is -4.75. The quantitative estimate of drug-likeness (QED) is 0.262. The number of phenolic OH excluding ortho intramolecular Hbond substituents is 1. The van der Waals surface area contributed by atoms with E-state index in [9.17, 15) is 44.0 Å². The molecule has 0 aliphatic rings. The summed E-state index contributed by atoms with van der Waals surface area (Å²) in [6.07, 6.45) is 0. The normalized spacial score (nSPS) is 13.6. The Kier molecular flexibility index (Phi) is 3.91. The van der Waals surface area contributed by atoms with E-state index >= 15 is 0 Å². The van der Waals surface area contributed by atoms with Crippen molar-refractivity contribution in [3.05, 3.63) is 36.4 Å². The van der Waals surface area contributed by atoms with Gasteiger partial charge < -0.3 is 5.11 Å². The van der Waals surface area contributed by atoms with Gasteiger partial charge >= 0.3 is 0 Å². The van der Waals surface area contributed by atoms with E-state index in [1.807, 2.05) is 0 Å². The van der Waals surface area contributed by atoms with E-state index < -0.39 is 61.6 Å². The molecule has 0 heterocycles. The van der Waals surface area contributed by atoms with Gasteiger partial charge in [0, 0.05) is 16.2 Å². The third kappa shape index (κ3) is 2.82. The molecule has 4 aromatic rings. The Morgan fingerprint density at radius 2 is 1.14 bits per heavy atom. The lowest BCUT2D eigenvalue weighted by molar-refractivity contribution is 0.456. The molecule has 152 valence electrons. The SMILES string of the molecule is O=S(=O)(O)c1c(S(=O)(=O)O)c2ccc3cccc4cc(O)c(c1S(=O)(=O)O)c2c34. The number of rotatable bonds is 3. The van der Waals surface area contributed by atoms with Crippen molar-refractivity contribution >= 4 is 62.7 Å². The zero-order chi connectivity index (χ0) is 21.5. The number of hydrogen-bond donors (Lipinski definition) is 4. The molecule has 0 aliphatic heterocycles. The minimum Gasteiger partial charge on any atom is -0.507 e. The van der Waals surface area contributed by atoms with Crippen molar-refractivity contribution in [2.24, 2.45) is 0 Å². The largest absolute Gasteiger partial charge is 0.507 e. The molecular formula is C16H10O10S3. The number of benzene rings is 4. The van der Waals surface area contributed by atoms with Crippen molar-refractivity contribution in [2.45, 2.75) is 14.7 Å². The minimum absolute atomic E-state index is 0.231. The maximum absolute atomic E-state index is 12.1. The van der Waals surface area contributed by atoms with Gasteiger partial charge in [-0.1, -0.05) is 30.3 Å². The van der Waals surface area contributed by atoms with Gasteiger partial charge in [-0.2, -0.15) is 25.3 Å². The summed E-state index contributed by atoms with van der Waals surface area (Å²) >= 11 is 0. The molecule has 29 heavy (non-hydrogen) atoms.